The molecule has 5 nitrogen and oxygen atoms in total. The average Bonchev–Trinajstić information content (AvgIpc) is 2.98. The van der Waals surface area contributed by atoms with Crippen LogP contribution in [0, 0.1) is 13.8 Å². The van der Waals surface area contributed by atoms with E-state index >= 15 is 0 Å². The highest BCUT2D eigenvalue weighted by molar-refractivity contribution is 5.97. The molecule has 2 amide bonds. The van der Waals surface area contributed by atoms with E-state index < -0.39 is 0 Å². The lowest BCUT2D eigenvalue weighted by Gasteiger charge is -2.41. The summed E-state index contributed by atoms with van der Waals surface area (Å²) in [5, 5.41) is 0. The molecule has 0 N–H and O–H groups in total. The van der Waals surface area contributed by atoms with Gasteiger partial charge in [0.25, 0.3) is 11.8 Å². The van der Waals surface area contributed by atoms with Gasteiger partial charge in [0.2, 0.25) is 0 Å². The maximum Gasteiger partial charge on any atom is 0.256 e. The average molecular weight is 392 g/mol. The molecule has 2 aromatic rings. The van der Waals surface area contributed by atoms with E-state index in [2.05, 4.69) is 24.9 Å². The molecule has 2 atom stereocenters. The summed E-state index contributed by atoms with van der Waals surface area (Å²) in [6.07, 6.45) is 5.37. The van der Waals surface area contributed by atoms with Gasteiger partial charge in [0.1, 0.15) is 0 Å². The highest BCUT2D eigenvalue weighted by atomic mass is 16.2. The van der Waals surface area contributed by atoms with E-state index in [1.807, 2.05) is 41.8 Å². The summed E-state index contributed by atoms with van der Waals surface area (Å²) < 4.78 is 0. The van der Waals surface area contributed by atoms with Crippen LogP contribution in [0.4, 0.5) is 0 Å². The van der Waals surface area contributed by atoms with E-state index in [0.717, 1.165) is 29.5 Å². The molecule has 1 aromatic carbocycles. The lowest BCUT2D eigenvalue weighted by Crippen LogP contribution is -2.57. The van der Waals surface area contributed by atoms with Gasteiger partial charge in [-0.25, -0.2) is 0 Å². The summed E-state index contributed by atoms with van der Waals surface area (Å²) in [7, 11) is 0. The number of pyridine rings is 1. The number of rotatable bonds is 3. The Hall–Kier alpha value is -2.69. The summed E-state index contributed by atoms with van der Waals surface area (Å²) >= 11 is 0. The molecular weight excluding hydrogens is 362 g/mol. The van der Waals surface area contributed by atoms with Gasteiger partial charge in [-0.1, -0.05) is 26.0 Å². The molecule has 3 heterocycles. The molecule has 0 radical (unpaired) electrons. The molecular formula is C24H29N3O2. The Labute approximate surface area is 172 Å². The zero-order valence-electron chi connectivity index (χ0n) is 17.7. The topological polar surface area (TPSA) is 53.5 Å². The summed E-state index contributed by atoms with van der Waals surface area (Å²) in [4.78, 5) is 34.6. The van der Waals surface area contributed by atoms with Crippen molar-refractivity contribution in [2.45, 2.75) is 58.5 Å². The van der Waals surface area contributed by atoms with E-state index in [0.29, 0.717) is 24.6 Å². The van der Waals surface area contributed by atoms with Gasteiger partial charge in [-0.15, -0.1) is 0 Å². The van der Waals surface area contributed by atoms with Gasteiger partial charge < -0.3 is 9.80 Å². The van der Waals surface area contributed by atoms with Gasteiger partial charge in [0.05, 0.1) is 17.6 Å². The first kappa shape index (κ1) is 19.6. The van der Waals surface area contributed by atoms with E-state index in [9.17, 15) is 9.59 Å². The SMILES string of the molecule is Cc1cncc(C(=O)N2C3CCC2CN(C(=O)c2cccc(C(C)C)c2)C3)c1C. The van der Waals surface area contributed by atoms with Gasteiger partial charge in [-0.3, -0.25) is 14.6 Å². The molecule has 152 valence electrons. The van der Waals surface area contributed by atoms with Gasteiger partial charge in [-0.2, -0.15) is 0 Å². The van der Waals surface area contributed by atoms with Gasteiger partial charge in [0.15, 0.2) is 0 Å². The van der Waals surface area contributed by atoms with Crippen LogP contribution in [-0.2, 0) is 0 Å². The lowest BCUT2D eigenvalue weighted by atomic mass is 10.00. The maximum atomic E-state index is 13.3. The van der Waals surface area contributed by atoms with Crippen LogP contribution in [0.5, 0.6) is 0 Å². The molecule has 5 heteroatoms. The molecule has 0 spiro atoms. The number of carbonyl (C=O) groups excluding carboxylic acids is 2. The summed E-state index contributed by atoms with van der Waals surface area (Å²) in [6.45, 7) is 9.44. The van der Waals surface area contributed by atoms with Crippen LogP contribution < -0.4 is 0 Å². The first-order valence-electron chi connectivity index (χ1n) is 10.5. The smallest absolute Gasteiger partial charge is 0.256 e. The first-order valence-corrected chi connectivity index (χ1v) is 10.5. The largest absolute Gasteiger partial charge is 0.335 e. The number of carbonyl (C=O) groups is 2. The Morgan fingerprint density at radius 2 is 1.72 bits per heavy atom. The Kier molecular flexibility index (Phi) is 5.15. The normalized spacial score (nSPS) is 21.0. The maximum absolute atomic E-state index is 13.3. The number of aryl methyl sites for hydroxylation is 1. The zero-order valence-corrected chi connectivity index (χ0v) is 17.7. The fourth-order valence-electron chi connectivity index (χ4n) is 4.60. The van der Waals surface area contributed by atoms with Crippen molar-refractivity contribution in [3.63, 3.8) is 0 Å². The number of hydrogen-bond acceptors (Lipinski definition) is 3. The number of benzene rings is 1. The second-order valence-electron chi connectivity index (χ2n) is 8.72. The third kappa shape index (κ3) is 3.54. The molecule has 2 unspecified atom stereocenters. The minimum absolute atomic E-state index is 0.0557. The van der Waals surface area contributed by atoms with Crippen molar-refractivity contribution in [1.29, 1.82) is 0 Å². The van der Waals surface area contributed by atoms with E-state index in [-0.39, 0.29) is 23.9 Å². The van der Waals surface area contributed by atoms with Crippen molar-refractivity contribution in [2.75, 3.05) is 13.1 Å². The van der Waals surface area contributed by atoms with Gasteiger partial charge in [0, 0.05) is 31.0 Å². The predicted molar refractivity (Wildman–Crippen MR) is 113 cm³/mol. The fourth-order valence-corrected chi connectivity index (χ4v) is 4.60. The van der Waals surface area contributed by atoms with Crippen molar-refractivity contribution >= 4 is 11.8 Å². The zero-order chi connectivity index (χ0) is 20.7. The van der Waals surface area contributed by atoms with E-state index in [1.165, 1.54) is 5.56 Å². The third-order valence-electron chi connectivity index (χ3n) is 6.50. The molecule has 2 aliphatic rings. The van der Waals surface area contributed by atoms with Gasteiger partial charge >= 0.3 is 0 Å². The van der Waals surface area contributed by atoms with Crippen molar-refractivity contribution in [3.8, 4) is 0 Å². The van der Waals surface area contributed by atoms with Crippen LogP contribution in [0.25, 0.3) is 0 Å². The van der Waals surface area contributed by atoms with Crippen molar-refractivity contribution in [1.82, 2.24) is 14.8 Å². The monoisotopic (exact) mass is 391 g/mol. The number of likely N-dealkylation sites (tertiary alicyclic amines) is 1. The fraction of sp³-hybridized carbons (Fsp3) is 0.458. The summed E-state index contributed by atoms with van der Waals surface area (Å²) in [5.74, 6) is 0.518. The number of piperazine rings is 1. The number of hydrogen-bond donors (Lipinski definition) is 0. The molecule has 2 saturated heterocycles. The van der Waals surface area contributed by atoms with E-state index in [1.54, 1.807) is 12.4 Å². The molecule has 29 heavy (non-hydrogen) atoms. The second kappa shape index (κ2) is 7.62. The van der Waals surface area contributed by atoms with Crippen molar-refractivity contribution in [2.24, 2.45) is 0 Å². The predicted octanol–water partition coefficient (Wildman–Crippen LogP) is 3.95. The van der Waals surface area contributed by atoms with Crippen LogP contribution in [0.1, 0.15) is 70.0 Å². The van der Waals surface area contributed by atoms with E-state index in [4.69, 9.17) is 0 Å². The van der Waals surface area contributed by atoms with Crippen molar-refractivity contribution < 1.29 is 9.59 Å². The molecule has 2 bridgehead atoms. The second-order valence-corrected chi connectivity index (χ2v) is 8.72. The molecule has 2 fully saturated rings. The minimum Gasteiger partial charge on any atom is -0.335 e. The molecule has 4 rings (SSSR count). The van der Waals surface area contributed by atoms with Crippen LogP contribution in [-0.4, -0.2) is 51.8 Å². The Balaban J connectivity index is 1.53. The molecule has 2 aliphatic heterocycles. The molecule has 0 saturated carbocycles. The third-order valence-corrected chi connectivity index (χ3v) is 6.50. The first-order chi connectivity index (χ1) is 13.9. The number of nitrogens with zero attached hydrogens (tertiary/aromatic N) is 3. The Morgan fingerprint density at radius 3 is 2.38 bits per heavy atom. The lowest BCUT2D eigenvalue weighted by molar-refractivity contribution is 0.0359. The number of amides is 2. The van der Waals surface area contributed by atoms with Gasteiger partial charge in [-0.05, 0) is 61.4 Å². The van der Waals surface area contributed by atoms with Crippen LogP contribution in [0.3, 0.4) is 0 Å². The Bertz CT molecular complexity index is 939. The van der Waals surface area contributed by atoms with Crippen molar-refractivity contribution in [3.05, 3.63) is 64.5 Å². The molecule has 0 aliphatic carbocycles. The highest BCUT2D eigenvalue weighted by Crippen LogP contribution is 2.33. The van der Waals surface area contributed by atoms with Crippen LogP contribution >= 0.6 is 0 Å². The molecule has 1 aromatic heterocycles. The van der Waals surface area contributed by atoms with Crippen LogP contribution in [0.2, 0.25) is 0 Å². The standard InChI is InChI=1S/C24H29N3O2/c1-15(2)18-6-5-7-19(10-18)23(28)26-13-20-8-9-21(14-26)27(20)24(29)22-12-25-11-16(3)17(22)4/h5-7,10-12,15,20-21H,8-9,13-14H2,1-4H3. The Morgan fingerprint density at radius 1 is 1.03 bits per heavy atom. The number of aromatic nitrogens is 1. The minimum atomic E-state index is 0.0557. The summed E-state index contributed by atoms with van der Waals surface area (Å²) in [5.41, 5.74) is 4.63. The number of fused-ring (bicyclic) bond motifs is 2. The highest BCUT2D eigenvalue weighted by Gasteiger charge is 2.44. The quantitative estimate of drug-likeness (QED) is 0.796. The summed E-state index contributed by atoms with van der Waals surface area (Å²) in [6, 6.07) is 8.10. The van der Waals surface area contributed by atoms with Crippen LogP contribution in [0.15, 0.2) is 36.7 Å².